The zero-order valence-corrected chi connectivity index (χ0v) is 14.6. The Labute approximate surface area is 145 Å². The topological polar surface area (TPSA) is 107 Å². The van der Waals surface area contributed by atoms with E-state index in [0.717, 1.165) is 0 Å². The molecule has 1 aliphatic rings. The molecule has 1 saturated heterocycles. The Morgan fingerprint density at radius 2 is 1.60 bits per heavy atom. The van der Waals surface area contributed by atoms with E-state index in [1.54, 1.807) is 0 Å². The van der Waals surface area contributed by atoms with Gasteiger partial charge in [-0.2, -0.15) is 0 Å². The second-order valence-electron chi connectivity index (χ2n) is 5.21. The van der Waals surface area contributed by atoms with Crippen molar-refractivity contribution in [3.05, 3.63) is 0 Å². The first-order valence-corrected chi connectivity index (χ1v) is 7.51. The molecule has 0 saturated carbocycles. The summed E-state index contributed by atoms with van der Waals surface area (Å²) in [6, 6.07) is 0. The molecule has 0 unspecified atom stereocenters. The number of hydrogen-bond donors (Lipinski definition) is 0. The molecule has 140 valence electrons. The average molecular weight is 358 g/mol. The SMILES string of the molecule is C#CCO[C@H]1[C@@H](OC(C)=O)[C@@H](COC(C)=O)O[C@@H](OC)[C@@H]1OC(C)=O. The summed E-state index contributed by atoms with van der Waals surface area (Å²) in [6.07, 6.45) is 0.263. The van der Waals surface area contributed by atoms with Crippen LogP contribution >= 0.6 is 0 Å². The van der Waals surface area contributed by atoms with E-state index in [1.807, 2.05) is 0 Å². The van der Waals surface area contributed by atoms with Gasteiger partial charge in [-0.25, -0.2) is 0 Å². The third kappa shape index (κ3) is 6.34. The van der Waals surface area contributed by atoms with Crippen LogP contribution < -0.4 is 0 Å². The lowest BCUT2D eigenvalue weighted by molar-refractivity contribution is -0.305. The van der Waals surface area contributed by atoms with Crippen molar-refractivity contribution < 1.29 is 42.8 Å². The first-order chi connectivity index (χ1) is 11.8. The van der Waals surface area contributed by atoms with Crippen LogP contribution in [0.15, 0.2) is 0 Å². The lowest BCUT2D eigenvalue weighted by atomic mass is 9.98. The minimum atomic E-state index is -1.03. The molecule has 25 heavy (non-hydrogen) atoms. The summed E-state index contributed by atoms with van der Waals surface area (Å²) in [5.41, 5.74) is 0. The number of hydrogen-bond acceptors (Lipinski definition) is 9. The number of esters is 3. The lowest BCUT2D eigenvalue weighted by Crippen LogP contribution is -2.62. The molecule has 0 aliphatic carbocycles. The van der Waals surface area contributed by atoms with Gasteiger partial charge in [0.15, 0.2) is 18.5 Å². The molecule has 0 spiro atoms. The van der Waals surface area contributed by atoms with E-state index in [1.165, 1.54) is 27.9 Å². The number of carbonyl (C=O) groups is 3. The molecular weight excluding hydrogens is 336 g/mol. The summed E-state index contributed by atoms with van der Waals surface area (Å²) in [6.45, 7) is 3.29. The lowest BCUT2D eigenvalue weighted by Gasteiger charge is -2.44. The second kappa shape index (κ2) is 9.98. The van der Waals surface area contributed by atoms with Gasteiger partial charge in [0.25, 0.3) is 0 Å². The van der Waals surface area contributed by atoms with Gasteiger partial charge in [0.2, 0.25) is 0 Å². The number of carbonyl (C=O) groups excluding carboxylic acids is 3. The van der Waals surface area contributed by atoms with Gasteiger partial charge in [-0.3, -0.25) is 14.4 Å². The van der Waals surface area contributed by atoms with E-state index in [0.29, 0.717) is 0 Å². The minimum Gasteiger partial charge on any atom is -0.463 e. The van der Waals surface area contributed by atoms with Gasteiger partial charge >= 0.3 is 17.9 Å². The number of rotatable bonds is 7. The second-order valence-corrected chi connectivity index (χ2v) is 5.21. The monoisotopic (exact) mass is 358 g/mol. The van der Waals surface area contributed by atoms with Crippen molar-refractivity contribution in [2.75, 3.05) is 20.3 Å². The molecular formula is C16H22O9. The molecule has 5 atom stereocenters. The highest BCUT2D eigenvalue weighted by atomic mass is 16.7. The fourth-order valence-corrected chi connectivity index (χ4v) is 2.39. The van der Waals surface area contributed by atoms with Crippen LogP contribution in [0.4, 0.5) is 0 Å². The van der Waals surface area contributed by atoms with Crippen LogP contribution in [-0.4, -0.2) is 68.9 Å². The molecule has 1 fully saturated rings. The number of ether oxygens (including phenoxy) is 6. The maximum atomic E-state index is 11.5. The standard InChI is InChI=1S/C16H22O9/c1-6-7-21-14-13(23-10(3)18)12(8-22-9(2)17)25-16(20-5)15(14)24-11(4)19/h1,12-16H,7-8H2,2-5H3/t12-,13+,14+,15-,16-/m1/s1. The molecule has 0 bridgehead atoms. The largest absolute Gasteiger partial charge is 0.463 e. The maximum Gasteiger partial charge on any atom is 0.303 e. The Hall–Kier alpha value is -2.15. The molecule has 9 heteroatoms. The van der Waals surface area contributed by atoms with Crippen molar-refractivity contribution >= 4 is 17.9 Å². The number of methoxy groups -OCH3 is 1. The molecule has 1 aliphatic heterocycles. The van der Waals surface area contributed by atoms with Gasteiger partial charge in [-0.15, -0.1) is 6.42 Å². The van der Waals surface area contributed by atoms with E-state index >= 15 is 0 Å². The van der Waals surface area contributed by atoms with Gasteiger partial charge in [0, 0.05) is 27.9 Å². The van der Waals surface area contributed by atoms with Gasteiger partial charge in [0.05, 0.1) is 0 Å². The summed E-state index contributed by atoms with van der Waals surface area (Å²) in [7, 11) is 1.34. The highest BCUT2D eigenvalue weighted by molar-refractivity contribution is 5.67. The summed E-state index contributed by atoms with van der Waals surface area (Å²) in [5.74, 6) is 0.527. The van der Waals surface area contributed by atoms with Crippen LogP contribution in [0.1, 0.15) is 20.8 Å². The van der Waals surface area contributed by atoms with Crippen molar-refractivity contribution in [1.29, 1.82) is 0 Å². The summed E-state index contributed by atoms with van der Waals surface area (Å²) >= 11 is 0. The molecule has 0 aromatic carbocycles. The molecule has 0 aromatic heterocycles. The van der Waals surface area contributed by atoms with E-state index in [2.05, 4.69) is 5.92 Å². The van der Waals surface area contributed by atoms with Gasteiger partial charge in [0.1, 0.15) is 25.4 Å². The molecule has 9 nitrogen and oxygen atoms in total. The van der Waals surface area contributed by atoms with Crippen molar-refractivity contribution in [3.63, 3.8) is 0 Å². The Kier molecular flexibility index (Phi) is 8.34. The van der Waals surface area contributed by atoms with Crippen molar-refractivity contribution in [1.82, 2.24) is 0 Å². The van der Waals surface area contributed by atoms with Crippen LogP contribution in [0, 0.1) is 12.3 Å². The molecule has 0 aromatic rings. The third-order valence-electron chi connectivity index (χ3n) is 3.24. The normalized spacial score (nSPS) is 28.5. The van der Waals surface area contributed by atoms with Crippen LogP contribution in [0.2, 0.25) is 0 Å². The highest BCUT2D eigenvalue weighted by Gasteiger charge is 2.51. The molecule has 1 heterocycles. The van der Waals surface area contributed by atoms with Gasteiger partial charge in [-0.1, -0.05) is 5.92 Å². The Balaban J connectivity index is 3.14. The fraction of sp³-hybridized carbons (Fsp3) is 0.688. The van der Waals surface area contributed by atoms with E-state index < -0.39 is 48.6 Å². The number of terminal acetylenes is 1. The molecule has 0 N–H and O–H groups in total. The predicted molar refractivity (Wildman–Crippen MR) is 82.0 cm³/mol. The third-order valence-corrected chi connectivity index (χ3v) is 3.24. The average Bonchev–Trinajstić information content (AvgIpc) is 2.52. The van der Waals surface area contributed by atoms with E-state index in [9.17, 15) is 14.4 Å². The maximum absolute atomic E-state index is 11.5. The highest BCUT2D eigenvalue weighted by Crippen LogP contribution is 2.29. The molecule has 0 radical (unpaired) electrons. The van der Waals surface area contributed by atoms with Crippen molar-refractivity contribution in [2.45, 2.75) is 51.5 Å². The predicted octanol–water partition coefficient (Wildman–Crippen LogP) is -0.197. The summed E-state index contributed by atoms with van der Waals surface area (Å²) < 4.78 is 31.8. The van der Waals surface area contributed by atoms with E-state index in [4.69, 9.17) is 34.8 Å². The van der Waals surface area contributed by atoms with Crippen LogP contribution in [-0.2, 0) is 42.8 Å². The van der Waals surface area contributed by atoms with Crippen LogP contribution in [0.5, 0.6) is 0 Å². The molecule has 0 amide bonds. The zero-order chi connectivity index (χ0) is 19.0. The zero-order valence-electron chi connectivity index (χ0n) is 14.6. The quantitative estimate of drug-likeness (QED) is 0.347. The van der Waals surface area contributed by atoms with Gasteiger partial charge < -0.3 is 28.4 Å². The van der Waals surface area contributed by atoms with E-state index in [-0.39, 0.29) is 13.2 Å². The fourth-order valence-electron chi connectivity index (χ4n) is 2.39. The Bertz CT molecular complexity index is 524. The Morgan fingerprint density at radius 1 is 1.00 bits per heavy atom. The summed E-state index contributed by atoms with van der Waals surface area (Å²) in [5, 5.41) is 0. The summed E-state index contributed by atoms with van der Waals surface area (Å²) in [4.78, 5) is 34.0. The van der Waals surface area contributed by atoms with Crippen molar-refractivity contribution in [3.8, 4) is 12.3 Å². The van der Waals surface area contributed by atoms with Crippen LogP contribution in [0.3, 0.4) is 0 Å². The van der Waals surface area contributed by atoms with Gasteiger partial charge in [-0.05, 0) is 0 Å². The van der Waals surface area contributed by atoms with Crippen LogP contribution in [0.25, 0.3) is 0 Å². The first kappa shape index (κ1) is 20.9. The first-order valence-electron chi connectivity index (χ1n) is 7.51. The van der Waals surface area contributed by atoms with Crippen molar-refractivity contribution in [2.24, 2.45) is 0 Å². The smallest absolute Gasteiger partial charge is 0.303 e. The Morgan fingerprint density at radius 3 is 2.08 bits per heavy atom. The molecule has 1 rings (SSSR count). The minimum absolute atomic E-state index is 0.128.